The zero-order chi connectivity index (χ0) is 22.6. The quantitative estimate of drug-likeness (QED) is 0.478. The Labute approximate surface area is 183 Å². The Morgan fingerprint density at radius 1 is 1.16 bits per heavy atom. The second-order valence-electron chi connectivity index (χ2n) is 7.34. The van der Waals surface area contributed by atoms with E-state index in [1.807, 2.05) is 41.8 Å². The maximum absolute atomic E-state index is 12.9. The van der Waals surface area contributed by atoms with Crippen molar-refractivity contribution in [2.75, 3.05) is 25.5 Å². The smallest absolute Gasteiger partial charge is 0.242 e. The number of hydrogen-bond donors (Lipinski definition) is 0. The predicted octanol–water partition coefficient (Wildman–Crippen LogP) is 3.46. The number of hydrogen-bond acceptors (Lipinski definition) is 4. The Hall–Kier alpha value is -2.97. The van der Waals surface area contributed by atoms with Crippen LogP contribution in [0.25, 0.3) is 11.0 Å². The largest absolute Gasteiger partial charge is 0.328 e. The molecule has 0 aliphatic rings. The van der Waals surface area contributed by atoms with Crippen LogP contribution in [0.5, 0.6) is 0 Å². The number of aromatic nitrogens is 2. The molecule has 3 rings (SSSR count). The van der Waals surface area contributed by atoms with Gasteiger partial charge >= 0.3 is 0 Å². The van der Waals surface area contributed by atoms with Gasteiger partial charge in [0.2, 0.25) is 15.9 Å². The van der Waals surface area contributed by atoms with Crippen molar-refractivity contribution in [1.29, 1.82) is 0 Å². The molecule has 0 radical (unpaired) electrons. The van der Waals surface area contributed by atoms with E-state index < -0.39 is 10.0 Å². The lowest BCUT2D eigenvalue weighted by atomic mass is 10.2. The van der Waals surface area contributed by atoms with Crippen molar-refractivity contribution >= 4 is 32.7 Å². The zero-order valence-electron chi connectivity index (χ0n) is 18.2. The van der Waals surface area contributed by atoms with Gasteiger partial charge in [-0.05, 0) is 37.3 Å². The van der Waals surface area contributed by atoms with Gasteiger partial charge in [0.15, 0.2) is 0 Å². The van der Waals surface area contributed by atoms with E-state index in [2.05, 4.69) is 11.6 Å². The molecule has 0 bridgehead atoms. The Morgan fingerprint density at radius 2 is 1.87 bits per heavy atom. The van der Waals surface area contributed by atoms with E-state index in [1.54, 1.807) is 29.2 Å². The molecular weight excluding hydrogens is 412 g/mol. The first kappa shape index (κ1) is 22.7. The molecule has 7 nitrogen and oxygen atoms in total. The summed E-state index contributed by atoms with van der Waals surface area (Å²) in [6.45, 7) is 6.87. The van der Waals surface area contributed by atoms with E-state index in [-0.39, 0.29) is 17.2 Å². The number of carbonyl (C=O) groups excluding carboxylic acids is 1. The summed E-state index contributed by atoms with van der Waals surface area (Å²) in [5.74, 6) is 0.744. The Morgan fingerprint density at radius 3 is 2.48 bits per heavy atom. The number of amides is 1. The molecule has 31 heavy (non-hydrogen) atoms. The SMILES string of the molecule is C=CCN(C(=O)CCc1nc2cc(S(=O)(=O)N(C)C)ccc2n1CC)c1ccccc1. The zero-order valence-corrected chi connectivity index (χ0v) is 19.0. The van der Waals surface area contributed by atoms with E-state index in [0.717, 1.165) is 17.0 Å². The maximum atomic E-state index is 12.9. The summed E-state index contributed by atoms with van der Waals surface area (Å²) in [4.78, 5) is 19.5. The number of benzene rings is 2. The minimum atomic E-state index is -3.54. The van der Waals surface area contributed by atoms with Gasteiger partial charge in [-0.25, -0.2) is 17.7 Å². The van der Waals surface area contributed by atoms with Gasteiger partial charge in [-0.3, -0.25) is 4.79 Å². The number of nitrogens with zero attached hydrogens (tertiary/aromatic N) is 4. The van der Waals surface area contributed by atoms with Crippen molar-refractivity contribution in [2.24, 2.45) is 0 Å². The minimum Gasteiger partial charge on any atom is -0.328 e. The van der Waals surface area contributed by atoms with Crippen LogP contribution in [0, 0.1) is 0 Å². The predicted molar refractivity (Wildman–Crippen MR) is 124 cm³/mol. The lowest BCUT2D eigenvalue weighted by Gasteiger charge is -2.21. The van der Waals surface area contributed by atoms with Crippen LogP contribution >= 0.6 is 0 Å². The second-order valence-corrected chi connectivity index (χ2v) is 9.49. The van der Waals surface area contributed by atoms with Crippen molar-refractivity contribution in [3.05, 3.63) is 67.0 Å². The van der Waals surface area contributed by atoms with Gasteiger partial charge in [-0.15, -0.1) is 6.58 Å². The Balaban J connectivity index is 1.87. The summed E-state index contributed by atoms with van der Waals surface area (Å²) >= 11 is 0. The van der Waals surface area contributed by atoms with Crippen molar-refractivity contribution in [1.82, 2.24) is 13.9 Å². The molecule has 8 heteroatoms. The van der Waals surface area contributed by atoms with Crippen LogP contribution in [0.3, 0.4) is 0 Å². The molecular formula is C23H28N4O3S. The molecule has 0 fully saturated rings. The first-order valence-corrected chi connectivity index (χ1v) is 11.6. The van der Waals surface area contributed by atoms with Crippen LogP contribution in [0.1, 0.15) is 19.2 Å². The molecule has 0 spiro atoms. The third-order valence-electron chi connectivity index (χ3n) is 5.14. The number of carbonyl (C=O) groups is 1. The van der Waals surface area contributed by atoms with Gasteiger partial charge in [0.25, 0.3) is 0 Å². The first-order chi connectivity index (χ1) is 14.8. The van der Waals surface area contributed by atoms with E-state index in [4.69, 9.17) is 0 Å². The van der Waals surface area contributed by atoms with Crippen molar-refractivity contribution in [3.63, 3.8) is 0 Å². The highest BCUT2D eigenvalue weighted by Crippen LogP contribution is 2.23. The maximum Gasteiger partial charge on any atom is 0.242 e. The van der Waals surface area contributed by atoms with Crippen molar-refractivity contribution in [3.8, 4) is 0 Å². The topological polar surface area (TPSA) is 75.5 Å². The molecule has 1 aromatic heterocycles. The molecule has 0 atom stereocenters. The average molecular weight is 441 g/mol. The van der Waals surface area contributed by atoms with Gasteiger partial charge < -0.3 is 9.47 Å². The number of aryl methyl sites for hydroxylation is 2. The molecule has 164 valence electrons. The van der Waals surface area contributed by atoms with Crippen LogP contribution in [0.15, 0.2) is 66.1 Å². The van der Waals surface area contributed by atoms with Crippen LogP contribution in [0.4, 0.5) is 5.69 Å². The van der Waals surface area contributed by atoms with Gasteiger partial charge in [-0.1, -0.05) is 24.3 Å². The highest BCUT2D eigenvalue weighted by Gasteiger charge is 2.20. The van der Waals surface area contributed by atoms with Gasteiger partial charge in [0, 0.05) is 45.7 Å². The fourth-order valence-electron chi connectivity index (χ4n) is 3.52. The molecule has 0 aliphatic heterocycles. The standard InChI is InChI=1S/C23H28N4O3S/c1-5-16-27(18-10-8-7-9-11-18)23(28)15-14-22-24-20-17-19(31(29,30)25(3)4)12-13-21(20)26(22)6-2/h5,7-13,17H,1,6,14-16H2,2-4H3. The number of fused-ring (bicyclic) bond motifs is 1. The molecule has 0 N–H and O–H groups in total. The van der Waals surface area contributed by atoms with Gasteiger partial charge in [0.1, 0.15) is 5.82 Å². The number of rotatable bonds is 9. The number of para-hydroxylation sites is 1. The lowest BCUT2D eigenvalue weighted by Crippen LogP contribution is -2.31. The van der Waals surface area contributed by atoms with Gasteiger partial charge in [-0.2, -0.15) is 0 Å². The normalized spacial score (nSPS) is 11.7. The average Bonchev–Trinajstić information content (AvgIpc) is 3.12. The molecule has 0 saturated heterocycles. The molecule has 3 aromatic rings. The third-order valence-corrected chi connectivity index (χ3v) is 6.95. The van der Waals surface area contributed by atoms with E-state index >= 15 is 0 Å². The molecule has 0 aliphatic carbocycles. The fourth-order valence-corrected chi connectivity index (χ4v) is 4.44. The Bertz CT molecular complexity index is 1180. The van der Waals surface area contributed by atoms with Crippen LogP contribution in [-0.4, -0.2) is 48.8 Å². The van der Waals surface area contributed by atoms with E-state index in [0.29, 0.717) is 25.0 Å². The summed E-state index contributed by atoms with van der Waals surface area (Å²) in [7, 11) is -0.533. The minimum absolute atomic E-state index is 0.0170. The number of anilines is 1. The third kappa shape index (κ3) is 4.70. The summed E-state index contributed by atoms with van der Waals surface area (Å²) in [5.41, 5.74) is 2.29. The van der Waals surface area contributed by atoms with E-state index in [9.17, 15) is 13.2 Å². The molecule has 0 unspecified atom stereocenters. The molecule has 0 saturated carbocycles. The highest BCUT2D eigenvalue weighted by molar-refractivity contribution is 7.89. The van der Waals surface area contributed by atoms with Crippen LogP contribution < -0.4 is 4.90 Å². The molecule has 2 aromatic carbocycles. The summed E-state index contributed by atoms with van der Waals surface area (Å²) < 4.78 is 28.1. The lowest BCUT2D eigenvalue weighted by molar-refractivity contribution is -0.118. The van der Waals surface area contributed by atoms with Crippen molar-refractivity contribution < 1.29 is 13.2 Å². The molecule has 1 amide bonds. The molecule has 1 heterocycles. The first-order valence-electron chi connectivity index (χ1n) is 10.2. The van der Waals surface area contributed by atoms with E-state index in [1.165, 1.54) is 18.4 Å². The van der Waals surface area contributed by atoms with Crippen molar-refractivity contribution in [2.45, 2.75) is 31.2 Å². The summed E-state index contributed by atoms with van der Waals surface area (Å²) in [6, 6.07) is 14.5. The second kappa shape index (κ2) is 9.45. The van der Waals surface area contributed by atoms with Crippen LogP contribution in [0.2, 0.25) is 0 Å². The fraction of sp³-hybridized carbons (Fsp3) is 0.304. The summed E-state index contributed by atoms with van der Waals surface area (Å²) in [5, 5.41) is 0. The van der Waals surface area contributed by atoms with Gasteiger partial charge in [0.05, 0.1) is 15.9 Å². The summed E-state index contributed by atoms with van der Waals surface area (Å²) in [6.07, 6.45) is 2.45. The monoisotopic (exact) mass is 440 g/mol. The Kier molecular flexibility index (Phi) is 6.92. The highest BCUT2D eigenvalue weighted by atomic mass is 32.2. The number of sulfonamides is 1. The van der Waals surface area contributed by atoms with Crippen LogP contribution in [-0.2, 0) is 27.8 Å². The number of imidazole rings is 1.